The fourth-order valence-electron chi connectivity index (χ4n) is 3.57. The average Bonchev–Trinajstić information content (AvgIpc) is 2.42. The summed E-state index contributed by atoms with van der Waals surface area (Å²) in [5.41, 5.74) is -0.772. The van der Waals surface area contributed by atoms with E-state index < -0.39 is 5.54 Å². The van der Waals surface area contributed by atoms with Gasteiger partial charge in [0.2, 0.25) is 11.8 Å². The SMILES string of the molecule is CCC(C)N1C(=O)C(C)(C)NC(=O)C1C1CCCCC1. The Morgan fingerprint density at radius 2 is 1.85 bits per heavy atom. The molecule has 2 atom stereocenters. The van der Waals surface area contributed by atoms with E-state index in [1.54, 1.807) is 13.8 Å². The molecule has 1 N–H and O–H groups in total. The van der Waals surface area contributed by atoms with Gasteiger partial charge in [-0.1, -0.05) is 26.2 Å². The molecule has 1 aliphatic carbocycles. The van der Waals surface area contributed by atoms with Gasteiger partial charge in [0.05, 0.1) is 0 Å². The minimum atomic E-state index is -0.772. The van der Waals surface area contributed by atoms with Crippen LogP contribution in [0.3, 0.4) is 0 Å². The van der Waals surface area contributed by atoms with Crippen molar-refractivity contribution in [3.63, 3.8) is 0 Å². The number of hydrogen-bond acceptors (Lipinski definition) is 2. The third-order valence-corrected chi connectivity index (χ3v) is 4.94. The minimum Gasteiger partial charge on any atom is -0.340 e. The van der Waals surface area contributed by atoms with Gasteiger partial charge >= 0.3 is 0 Å². The topological polar surface area (TPSA) is 49.4 Å². The lowest BCUT2D eigenvalue weighted by Gasteiger charge is -2.48. The average molecular weight is 280 g/mol. The third-order valence-electron chi connectivity index (χ3n) is 4.94. The number of hydrogen-bond donors (Lipinski definition) is 1. The summed E-state index contributed by atoms with van der Waals surface area (Å²) in [5, 5.41) is 2.93. The number of rotatable bonds is 3. The van der Waals surface area contributed by atoms with Crippen LogP contribution in [0.25, 0.3) is 0 Å². The van der Waals surface area contributed by atoms with E-state index in [0.717, 1.165) is 19.3 Å². The van der Waals surface area contributed by atoms with Gasteiger partial charge in [0.25, 0.3) is 0 Å². The molecular weight excluding hydrogens is 252 g/mol. The fourth-order valence-corrected chi connectivity index (χ4v) is 3.57. The predicted molar refractivity (Wildman–Crippen MR) is 79.2 cm³/mol. The van der Waals surface area contributed by atoms with E-state index in [4.69, 9.17) is 0 Å². The van der Waals surface area contributed by atoms with Gasteiger partial charge in [-0.2, -0.15) is 0 Å². The highest BCUT2D eigenvalue weighted by molar-refractivity contribution is 5.99. The highest BCUT2D eigenvalue weighted by Gasteiger charge is 2.49. The van der Waals surface area contributed by atoms with Gasteiger partial charge < -0.3 is 10.2 Å². The van der Waals surface area contributed by atoms with Gasteiger partial charge in [-0.3, -0.25) is 9.59 Å². The van der Waals surface area contributed by atoms with Crippen LogP contribution in [-0.4, -0.2) is 34.3 Å². The lowest BCUT2D eigenvalue weighted by atomic mass is 9.80. The maximum Gasteiger partial charge on any atom is 0.248 e. The van der Waals surface area contributed by atoms with Crippen LogP contribution < -0.4 is 5.32 Å². The number of amides is 2. The van der Waals surface area contributed by atoms with Crippen molar-refractivity contribution in [3.05, 3.63) is 0 Å². The molecule has 0 aromatic rings. The second-order valence-corrected chi connectivity index (χ2v) is 6.93. The van der Waals surface area contributed by atoms with Crippen LogP contribution in [0.1, 0.15) is 66.2 Å². The second-order valence-electron chi connectivity index (χ2n) is 6.93. The highest BCUT2D eigenvalue weighted by Crippen LogP contribution is 2.34. The molecule has 1 saturated carbocycles. The molecule has 1 aliphatic heterocycles. The van der Waals surface area contributed by atoms with Crippen molar-refractivity contribution >= 4 is 11.8 Å². The largest absolute Gasteiger partial charge is 0.340 e. The van der Waals surface area contributed by atoms with Gasteiger partial charge in [0.1, 0.15) is 11.6 Å². The summed E-state index contributed by atoms with van der Waals surface area (Å²) in [7, 11) is 0. The molecule has 0 spiro atoms. The second kappa shape index (κ2) is 5.74. The molecule has 2 amide bonds. The number of nitrogens with one attached hydrogen (secondary N) is 1. The molecule has 114 valence electrons. The molecule has 0 aromatic carbocycles. The summed E-state index contributed by atoms with van der Waals surface area (Å²) in [6.07, 6.45) is 6.64. The van der Waals surface area contributed by atoms with E-state index >= 15 is 0 Å². The first kappa shape index (κ1) is 15.3. The zero-order chi connectivity index (χ0) is 14.9. The van der Waals surface area contributed by atoms with Crippen LogP contribution in [0.2, 0.25) is 0 Å². The van der Waals surface area contributed by atoms with Crippen LogP contribution in [-0.2, 0) is 9.59 Å². The Morgan fingerprint density at radius 1 is 1.25 bits per heavy atom. The monoisotopic (exact) mass is 280 g/mol. The first-order valence-electron chi connectivity index (χ1n) is 8.03. The van der Waals surface area contributed by atoms with Crippen molar-refractivity contribution in [1.82, 2.24) is 10.2 Å². The molecular formula is C16H28N2O2. The maximum absolute atomic E-state index is 12.8. The van der Waals surface area contributed by atoms with Gasteiger partial charge in [0.15, 0.2) is 0 Å². The minimum absolute atomic E-state index is 0.0433. The summed E-state index contributed by atoms with van der Waals surface area (Å²) < 4.78 is 0. The van der Waals surface area contributed by atoms with Crippen LogP contribution in [0, 0.1) is 5.92 Å². The van der Waals surface area contributed by atoms with Gasteiger partial charge in [-0.15, -0.1) is 0 Å². The van der Waals surface area contributed by atoms with E-state index in [9.17, 15) is 9.59 Å². The molecule has 2 aliphatic rings. The van der Waals surface area contributed by atoms with Gasteiger partial charge in [0, 0.05) is 6.04 Å². The third kappa shape index (κ3) is 2.70. The van der Waals surface area contributed by atoms with Crippen molar-refractivity contribution in [2.45, 2.75) is 83.8 Å². The molecule has 2 fully saturated rings. The molecule has 1 saturated heterocycles. The van der Waals surface area contributed by atoms with Crippen molar-refractivity contribution in [1.29, 1.82) is 0 Å². The number of nitrogens with zero attached hydrogens (tertiary/aromatic N) is 1. The number of carbonyl (C=O) groups excluding carboxylic acids is 2. The molecule has 20 heavy (non-hydrogen) atoms. The molecule has 2 rings (SSSR count). The molecule has 1 heterocycles. The van der Waals surface area contributed by atoms with Crippen molar-refractivity contribution in [2.24, 2.45) is 5.92 Å². The van der Waals surface area contributed by atoms with Crippen LogP contribution in [0.5, 0.6) is 0 Å². The van der Waals surface area contributed by atoms with E-state index in [1.807, 2.05) is 4.90 Å². The highest BCUT2D eigenvalue weighted by atomic mass is 16.2. The fraction of sp³-hybridized carbons (Fsp3) is 0.875. The molecule has 0 bridgehead atoms. The Hall–Kier alpha value is -1.06. The predicted octanol–water partition coefficient (Wildman–Crippen LogP) is 2.47. The van der Waals surface area contributed by atoms with Crippen molar-refractivity contribution < 1.29 is 9.59 Å². The van der Waals surface area contributed by atoms with E-state index in [0.29, 0.717) is 5.92 Å². The standard InChI is InChI=1S/C16H28N2O2/c1-5-11(2)18-13(12-9-7-6-8-10-12)14(19)17-16(3,4)15(18)20/h11-13H,5-10H2,1-4H3,(H,17,19). The molecule has 2 unspecified atom stereocenters. The Bertz CT molecular complexity index is 386. The molecule has 0 radical (unpaired) electrons. The number of carbonyl (C=O) groups is 2. The maximum atomic E-state index is 12.8. The summed E-state index contributed by atoms with van der Waals surface area (Å²) in [6, 6.07) is -0.134. The summed E-state index contributed by atoms with van der Waals surface area (Å²) in [4.78, 5) is 27.2. The van der Waals surface area contributed by atoms with E-state index in [2.05, 4.69) is 19.2 Å². The first-order chi connectivity index (χ1) is 9.38. The quantitative estimate of drug-likeness (QED) is 0.863. The van der Waals surface area contributed by atoms with Crippen molar-refractivity contribution in [2.75, 3.05) is 0 Å². The molecule has 4 heteroatoms. The van der Waals surface area contributed by atoms with Crippen LogP contribution >= 0.6 is 0 Å². The molecule has 4 nitrogen and oxygen atoms in total. The lowest BCUT2D eigenvalue weighted by Crippen LogP contribution is -2.71. The molecule has 0 aromatic heterocycles. The van der Waals surface area contributed by atoms with Gasteiger partial charge in [-0.05, 0) is 46.0 Å². The Kier molecular flexibility index (Phi) is 4.40. The Labute approximate surface area is 122 Å². The van der Waals surface area contributed by atoms with Gasteiger partial charge in [-0.25, -0.2) is 0 Å². The lowest BCUT2D eigenvalue weighted by molar-refractivity contribution is -0.159. The van der Waals surface area contributed by atoms with Crippen LogP contribution in [0.15, 0.2) is 0 Å². The number of piperazine rings is 1. The zero-order valence-corrected chi connectivity index (χ0v) is 13.2. The normalized spacial score (nSPS) is 29.2. The Balaban J connectivity index is 2.30. The Morgan fingerprint density at radius 3 is 2.40 bits per heavy atom. The zero-order valence-electron chi connectivity index (χ0n) is 13.2. The van der Waals surface area contributed by atoms with Crippen molar-refractivity contribution in [3.8, 4) is 0 Å². The summed E-state index contributed by atoms with van der Waals surface area (Å²) in [5.74, 6) is 0.446. The first-order valence-corrected chi connectivity index (χ1v) is 8.03. The van der Waals surface area contributed by atoms with Crippen LogP contribution in [0.4, 0.5) is 0 Å². The summed E-state index contributed by atoms with van der Waals surface area (Å²) in [6.45, 7) is 7.75. The van der Waals surface area contributed by atoms with E-state index in [-0.39, 0.29) is 23.9 Å². The van der Waals surface area contributed by atoms with E-state index in [1.165, 1.54) is 19.3 Å². The summed E-state index contributed by atoms with van der Waals surface area (Å²) >= 11 is 0. The smallest absolute Gasteiger partial charge is 0.248 e.